The normalized spacial score (nSPS) is 13.3. The molecule has 148 valence electrons. The third-order valence-corrected chi connectivity index (χ3v) is 5.43. The maximum Gasteiger partial charge on any atom is 0.254 e. The van der Waals surface area contributed by atoms with Gasteiger partial charge in [0.2, 0.25) is 5.91 Å². The van der Waals surface area contributed by atoms with Gasteiger partial charge in [-0.25, -0.2) is 4.98 Å². The lowest BCUT2D eigenvalue weighted by Crippen LogP contribution is -2.42. The van der Waals surface area contributed by atoms with Gasteiger partial charge in [0, 0.05) is 30.0 Å². The summed E-state index contributed by atoms with van der Waals surface area (Å²) in [4.78, 5) is 31.1. The van der Waals surface area contributed by atoms with E-state index in [1.807, 2.05) is 68.7 Å². The Morgan fingerprint density at radius 3 is 2.76 bits per heavy atom. The molecule has 2 heterocycles. The molecule has 0 saturated carbocycles. The lowest BCUT2D eigenvalue weighted by Gasteiger charge is -2.28. The predicted molar refractivity (Wildman–Crippen MR) is 112 cm³/mol. The second-order valence-corrected chi connectivity index (χ2v) is 7.43. The first-order chi connectivity index (χ1) is 14.0. The number of imidazole rings is 1. The fourth-order valence-corrected chi connectivity index (χ4v) is 3.65. The molecule has 0 saturated heterocycles. The summed E-state index contributed by atoms with van der Waals surface area (Å²) in [6.45, 7) is 5.34. The summed E-state index contributed by atoms with van der Waals surface area (Å²) >= 11 is 0. The van der Waals surface area contributed by atoms with E-state index in [4.69, 9.17) is 0 Å². The molecule has 1 N–H and O–H groups in total. The molecular weight excluding hydrogens is 364 g/mol. The molecule has 0 atom stereocenters. The summed E-state index contributed by atoms with van der Waals surface area (Å²) in [5.41, 5.74) is 5.69. The maximum absolute atomic E-state index is 12.6. The number of hydrogen-bond donors (Lipinski definition) is 1. The van der Waals surface area contributed by atoms with Crippen LogP contribution in [0, 0.1) is 13.8 Å². The number of nitrogens with zero attached hydrogens (tertiary/aromatic N) is 3. The van der Waals surface area contributed by atoms with Gasteiger partial charge in [0.15, 0.2) is 0 Å². The van der Waals surface area contributed by atoms with Crippen molar-refractivity contribution in [2.75, 3.05) is 18.4 Å². The molecule has 6 nitrogen and oxygen atoms in total. The van der Waals surface area contributed by atoms with E-state index in [1.165, 1.54) is 0 Å². The molecular formula is C23H24N4O2. The number of rotatable bonds is 5. The Bertz CT molecular complexity index is 1070. The Kier molecular flexibility index (Phi) is 5.16. The van der Waals surface area contributed by atoms with Gasteiger partial charge in [-0.3, -0.25) is 9.59 Å². The van der Waals surface area contributed by atoms with Gasteiger partial charge in [-0.05, 0) is 49.6 Å². The number of anilines is 1. The van der Waals surface area contributed by atoms with Crippen LogP contribution in [-0.2, 0) is 17.8 Å². The van der Waals surface area contributed by atoms with E-state index in [9.17, 15) is 9.59 Å². The van der Waals surface area contributed by atoms with Crippen LogP contribution < -0.4 is 5.32 Å². The van der Waals surface area contributed by atoms with Gasteiger partial charge in [-0.2, -0.15) is 0 Å². The average molecular weight is 388 g/mol. The molecule has 0 radical (unpaired) electrons. The minimum atomic E-state index is -0.190. The van der Waals surface area contributed by atoms with Crippen LogP contribution in [0.4, 0.5) is 5.69 Å². The van der Waals surface area contributed by atoms with Crippen LogP contribution in [0.1, 0.15) is 32.9 Å². The standard InChI is InChI=1S/C23H24N4O2/c1-16-17(2)27(15-24-16)13-18-6-5-8-20(12-18)25-22(28)14-26-11-10-19-7-3-4-9-21(19)23(26)29/h3-9,12,15H,10-11,13-14H2,1-2H3,(H,25,28). The molecule has 0 aliphatic carbocycles. The number of carbonyl (C=O) groups is 2. The number of carbonyl (C=O) groups excluding carboxylic acids is 2. The third-order valence-electron chi connectivity index (χ3n) is 5.43. The van der Waals surface area contributed by atoms with Crippen molar-refractivity contribution >= 4 is 17.5 Å². The Hall–Kier alpha value is -3.41. The maximum atomic E-state index is 12.6. The highest BCUT2D eigenvalue weighted by molar-refractivity contribution is 6.00. The molecule has 1 aliphatic rings. The van der Waals surface area contributed by atoms with Crippen LogP contribution in [0.2, 0.25) is 0 Å². The Balaban J connectivity index is 1.40. The van der Waals surface area contributed by atoms with E-state index >= 15 is 0 Å². The van der Waals surface area contributed by atoms with Crippen LogP contribution in [0.15, 0.2) is 54.9 Å². The van der Waals surface area contributed by atoms with Crippen LogP contribution in [0.3, 0.4) is 0 Å². The smallest absolute Gasteiger partial charge is 0.254 e. The summed E-state index contributed by atoms with van der Waals surface area (Å²) in [6.07, 6.45) is 2.60. The lowest BCUT2D eigenvalue weighted by molar-refractivity contribution is -0.116. The van der Waals surface area contributed by atoms with Gasteiger partial charge in [0.1, 0.15) is 6.54 Å². The summed E-state index contributed by atoms with van der Waals surface area (Å²) in [5, 5.41) is 2.92. The number of aromatic nitrogens is 2. The molecule has 0 unspecified atom stereocenters. The zero-order chi connectivity index (χ0) is 20.4. The quantitative estimate of drug-likeness (QED) is 0.730. The fourth-order valence-electron chi connectivity index (χ4n) is 3.65. The van der Waals surface area contributed by atoms with Crippen molar-refractivity contribution < 1.29 is 9.59 Å². The SMILES string of the molecule is Cc1ncn(Cc2cccc(NC(=O)CN3CCc4ccccc4C3=O)c2)c1C. The van der Waals surface area contributed by atoms with E-state index in [0.29, 0.717) is 18.7 Å². The summed E-state index contributed by atoms with van der Waals surface area (Å²) in [5.74, 6) is -0.272. The van der Waals surface area contributed by atoms with Gasteiger partial charge in [0.25, 0.3) is 5.91 Å². The molecule has 2 aromatic carbocycles. The number of amides is 2. The third kappa shape index (κ3) is 4.06. The highest BCUT2D eigenvalue weighted by Gasteiger charge is 2.25. The topological polar surface area (TPSA) is 67.2 Å². The summed E-state index contributed by atoms with van der Waals surface area (Å²) in [7, 11) is 0. The molecule has 1 aromatic heterocycles. The van der Waals surface area contributed by atoms with Crippen molar-refractivity contribution in [1.29, 1.82) is 0 Å². The van der Waals surface area contributed by atoms with E-state index in [1.54, 1.807) is 4.90 Å². The van der Waals surface area contributed by atoms with Crippen molar-refractivity contribution in [3.63, 3.8) is 0 Å². The van der Waals surface area contributed by atoms with Crippen LogP contribution in [0.25, 0.3) is 0 Å². The predicted octanol–water partition coefficient (Wildman–Crippen LogP) is 3.19. The van der Waals surface area contributed by atoms with Crippen molar-refractivity contribution in [3.05, 3.63) is 82.9 Å². The first-order valence-corrected chi connectivity index (χ1v) is 9.75. The lowest BCUT2D eigenvalue weighted by atomic mass is 9.99. The minimum absolute atomic E-state index is 0.0528. The number of aryl methyl sites for hydroxylation is 1. The first-order valence-electron chi connectivity index (χ1n) is 9.75. The average Bonchev–Trinajstić information content (AvgIpc) is 3.03. The molecule has 0 spiro atoms. The van der Waals surface area contributed by atoms with Crippen LogP contribution in [-0.4, -0.2) is 39.4 Å². The monoisotopic (exact) mass is 388 g/mol. The fraction of sp³-hybridized carbons (Fsp3) is 0.261. The molecule has 3 aromatic rings. The highest BCUT2D eigenvalue weighted by Crippen LogP contribution is 2.19. The molecule has 6 heteroatoms. The Morgan fingerprint density at radius 2 is 1.97 bits per heavy atom. The molecule has 1 aliphatic heterocycles. The van der Waals surface area contributed by atoms with Crippen molar-refractivity contribution in [1.82, 2.24) is 14.5 Å². The van der Waals surface area contributed by atoms with Crippen molar-refractivity contribution in [2.45, 2.75) is 26.8 Å². The summed E-state index contributed by atoms with van der Waals surface area (Å²) in [6, 6.07) is 15.4. The van der Waals surface area contributed by atoms with E-state index in [-0.39, 0.29) is 18.4 Å². The van der Waals surface area contributed by atoms with E-state index < -0.39 is 0 Å². The largest absolute Gasteiger partial charge is 0.330 e. The molecule has 0 bridgehead atoms. The van der Waals surface area contributed by atoms with Gasteiger partial charge in [-0.15, -0.1) is 0 Å². The molecule has 0 fully saturated rings. The van der Waals surface area contributed by atoms with Crippen LogP contribution in [0.5, 0.6) is 0 Å². The molecule has 2 amide bonds. The van der Waals surface area contributed by atoms with Gasteiger partial charge < -0.3 is 14.8 Å². The minimum Gasteiger partial charge on any atom is -0.330 e. The second-order valence-electron chi connectivity index (χ2n) is 7.43. The Morgan fingerprint density at radius 1 is 1.14 bits per heavy atom. The zero-order valence-corrected chi connectivity index (χ0v) is 16.7. The van der Waals surface area contributed by atoms with Gasteiger partial charge in [-0.1, -0.05) is 30.3 Å². The number of hydrogen-bond acceptors (Lipinski definition) is 3. The van der Waals surface area contributed by atoms with Crippen LogP contribution >= 0.6 is 0 Å². The number of benzene rings is 2. The number of fused-ring (bicyclic) bond motifs is 1. The van der Waals surface area contributed by atoms with Crippen molar-refractivity contribution in [2.24, 2.45) is 0 Å². The number of nitrogens with one attached hydrogen (secondary N) is 1. The van der Waals surface area contributed by atoms with Crippen molar-refractivity contribution in [3.8, 4) is 0 Å². The molecule has 4 rings (SSSR count). The Labute approximate surface area is 170 Å². The zero-order valence-electron chi connectivity index (χ0n) is 16.7. The van der Waals surface area contributed by atoms with E-state index in [2.05, 4.69) is 14.9 Å². The van der Waals surface area contributed by atoms with Gasteiger partial charge >= 0.3 is 0 Å². The van der Waals surface area contributed by atoms with E-state index in [0.717, 1.165) is 34.6 Å². The summed E-state index contributed by atoms with van der Waals surface area (Å²) < 4.78 is 2.08. The highest BCUT2D eigenvalue weighted by atomic mass is 16.2. The second kappa shape index (κ2) is 7.91. The molecule has 29 heavy (non-hydrogen) atoms. The first kappa shape index (κ1) is 18.9. The van der Waals surface area contributed by atoms with Gasteiger partial charge in [0.05, 0.1) is 12.0 Å².